The van der Waals surface area contributed by atoms with Gasteiger partial charge in [0.1, 0.15) is 10.7 Å². The first-order valence-electron chi connectivity index (χ1n) is 6.51. The molecule has 1 aromatic rings. The molecule has 0 spiro atoms. The molecule has 2 atom stereocenters. The van der Waals surface area contributed by atoms with E-state index in [1.807, 2.05) is 0 Å². The van der Waals surface area contributed by atoms with Crippen LogP contribution in [-0.4, -0.2) is 39.1 Å². The summed E-state index contributed by atoms with van der Waals surface area (Å²) in [5.41, 5.74) is 0. The van der Waals surface area contributed by atoms with Gasteiger partial charge in [-0.1, -0.05) is 0 Å². The van der Waals surface area contributed by atoms with Crippen LogP contribution in [0.15, 0.2) is 23.2 Å². The molecule has 0 aliphatic carbocycles. The van der Waals surface area contributed by atoms with Crippen molar-refractivity contribution in [2.45, 2.75) is 23.8 Å². The van der Waals surface area contributed by atoms with Crippen LogP contribution < -0.4 is 15.4 Å². The number of primary sulfonamides is 1. The SMILES string of the molecule is NS(=O)(=O)c1ccc(N2C[C@@H]3CCCN[C@@H]3C2)nc1. The summed E-state index contributed by atoms with van der Waals surface area (Å²) in [6, 6.07) is 3.79. The lowest BCUT2D eigenvalue weighted by atomic mass is 9.94. The predicted octanol–water partition coefficient (Wildman–Crippen LogP) is -0.0828. The molecule has 2 saturated heterocycles. The minimum Gasteiger partial charge on any atom is -0.355 e. The van der Waals surface area contributed by atoms with E-state index in [1.54, 1.807) is 6.07 Å². The second-order valence-corrected chi connectivity index (χ2v) is 6.83. The highest BCUT2D eigenvalue weighted by Crippen LogP contribution is 2.28. The second kappa shape index (κ2) is 4.73. The molecule has 3 N–H and O–H groups in total. The van der Waals surface area contributed by atoms with Crippen molar-refractivity contribution in [3.8, 4) is 0 Å². The normalized spacial score (nSPS) is 27.3. The van der Waals surface area contributed by atoms with Gasteiger partial charge in [0.05, 0.1) is 0 Å². The molecule has 0 unspecified atom stereocenters. The third-order valence-corrected chi connectivity index (χ3v) is 4.87. The van der Waals surface area contributed by atoms with Gasteiger partial charge in [0, 0.05) is 25.3 Å². The monoisotopic (exact) mass is 282 g/mol. The largest absolute Gasteiger partial charge is 0.355 e. The van der Waals surface area contributed by atoms with Crippen LogP contribution in [0.1, 0.15) is 12.8 Å². The smallest absolute Gasteiger partial charge is 0.239 e. The summed E-state index contributed by atoms with van der Waals surface area (Å²) in [6.07, 6.45) is 3.82. The van der Waals surface area contributed by atoms with E-state index in [4.69, 9.17) is 5.14 Å². The molecule has 3 heterocycles. The van der Waals surface area contributed by atoms with Gasteiger partial charge in [-0.25, -0.2) is 18.5 Å². The van der Waals surface area contributed by atoms with E-state index in [0.717, 1.165) is 25.5 Å². The Bertz CT molecular complexity index is 544. The lowest BCUT2D eigenvalue weighted by Gasteiger charge is -2.24. The summed E-state index contributed by atoms with van der Waals surface area (Å²) in [7, 11) is -3.66. The van der Waals surface area contributed by atoms with Crippen LogP contribution in [0.5, 0.6) is 0 Å². The number of hydrogen-bond acceptors (Lipinski definition) is 5. The Kier molecular flexibility index (Phi) is 3.20. The minimum atomic E-state index is -3.66. The molecule has 0 amide bonds. The maximum atomic E-state index is 11.2. The van der Waals surface area contributed by atoms with Gasteiger partial charge in [0.15, 0.2) is 0 Å². The number of hydrogen-bond donors (Lipinski definition) is 2. The zero-order chi connectivity index (χ0) is 13.5. The Morgan fingerprint density at radius 2 is 2.21 bits per heavy atom. The summed E-state index contributed by atoms with van der Waals surface area (Å²) >= 11 is 0. The summed E-state index contributed by atoms with van der Waals surface area (Å²) in [5.74, 6) is 1.50. The summed E-state index contributed by atoms with van der Waals surface area (Å²) in [5, 5.41) is 8.60. The van der Waals surface area contributed by atoms with E-state index in [9.17, 15) is 8.42 Å². The number of rotatable bonds is 2. The van der Waals surface area contributed by atoms with Crippen molar-refractivity contribution >= 4 is 15.8 Å². The fraction of sp³-hybridized carbons (Fsp3) is 0.583. The van der Waals surface area contributed by atoms with E-state index >= 15 is 0 Å². The van der Waals surface area contributed by atoms with Crippen LogP contribution in [0.4, 0.5) is 5.82 Å². The van der Waals surface area contributed by atoms with Crippen LogP contribution in [0, 0.1) is 5.92 Å². The fourth-order valence-electron chi connectivity index (χ4n) is 2.96. The van der Waals surface area contributed by atoms with E-state index in [0.29, 0.717) is 12.0 Å². The Morgan fingerprint density at radius 1 is 1.37 bits per heavy atom. The Hall–Kier alpha value is -1.18. The molecule has 104 valence electrons. The first-order chi connectivity index (χ1) is 9.04. The molecule has 0 bridgehead atoms. The number of pyridine rings is 1. The van der Waals surface area contributed by atoms with Crippen molar-refractivity contribution in [3.05, 3.63) is 18.3 Å². The first kappa shape index (κ1) is 12.8. The van der Waals surface area contributed by atoms with Gasteiger partial charge in [-0.3, -0.25) is 0 Å². The van der Waals surface area contributed by atoms with Crippen molar-refractivity contribution in [3.63, 3.8) is 0 Å². The van der Waals surface area contributed by atoms with Gasteiger partial charge >= 0.3 is 0 Å². The van der Waals surface area contributed by atoms with Crippen molar-refractivity contribution in [2.75, 3.05) is 24.5 Å². The fourth-order valence-corrected chi connectivity index (χ4v) is 3.42. The highest BCUT2D eigenvalue weighted by Gasteiger charge is 2.34. The van der Waals surface area contributed by atoms with Gasteiger partial charge in [-0.15, -0.1) is 0 Å². The summed E-state index contributed by atoms with van der Waals surface area (Å²) in [4.78, 5) is 6.49. The molecule has 2 aliphatic heterocycles. The molecule has 7 heteroatoms. The first-order valence-corrected chi connectivity index (χ1v) is 8.06. The lowest BCUT2D eigenvalue weighted by molar-refractivity contribution is 0.340. The predicted molar refractivity (Wildman–Crippen MR) is 72.3 cm³/mol. The molecule has 0 radical (unpaired) electrons. The Labute approximate surface area is 113 Å². The zero-order valence-electron chi connectivity index (χ0n) is 10.6. The van der Waals surface area contributed by atoms with Crippen LogP contribution in [0.2, 0.25) is 0 Å². The minimum absolute atomic E-state index is 0.0611. The maximum absolute atomic E-state index is 11.2. The highest BCUT2D eigenvalue weighted by molar-refractivity contribution is 7.89. The van der Waals surface area contributed by atoms with Crippen molar-refractivity contribution in [1.82, 2.24) is 10.3 Å². The van der Waals surface area contributed by atoms with Gasteiger partial charge in [0.2, 0.25) is 10.0 Å². The van der Waals surface area contributed by atoms with Gasteiger partial charge in [0.25, 0.3) is 0 Å². The number of fused-ring (bicyclic) bond motifs is 1. The molecule has 2 fully saturated rings. The number of nitrogens with zero attached hydrogens (tertiary/aromatic N) is 2. The number of nitrogens with two attached hydrogens (primary N) is 1. The van der Waals surface area contributed by atoms with E-state index in [-0.39, 0.29) is 4.90 Å². The molecule has 19 heavy (non-hydrogen) atoms. The van der Waals surface area contributed by atoms with Crippen molar-refractivity contribution in [1.29, 1.82) is 0 Å². The van der Waals surface area contributed by atoms with E-state index < -0.39 is 10.0 Å². The number of piperidine rings is 1. The molecular formula is C12H18N4O2S. The van der Waals surface area contributed by atoms with Gasteiger partial charge < -0.3 is 10.2 Å². The average Bonchev–Trinajstić information content (AvgIpc) is 2.81. The third kappa shape index (κ3) is 2.58. The highest BCUT2D eigenvalue weighted by atomic mass is 32.2. The van der Waals surface area contributed by atoms with Crippen LogP contribution in [0.25, 0.3) is 0 Å². The number of nitrogens with one attached hydrogen (secondary N) is 1. The van der Waals surface area contributed by atoms with Crippen molar-refractivity contribution in [2.24, 2.45) is 11.1 Å². The molecule has 2 aliphatic rings. The maximum Gasteiger partial charge on any atom is 0.239 e. The van der Waals surface area contributed by atoms with Gasteiger partial charge in [-0.2, -0.15) is 0 Å². The quantitative estimate of drug-likeness (QED) is 0.792. The topological polar surface area (TPSA) is 88.3 Å². The number of anilines is 1. The van der Waals surface area contributed by atoms with Crippen LogP contribution in [0.3, 0.4) is 0 Å². The van der Waals surface area contributed by atoms with Crippen LogP contribution in [-0.2, 0) is 10.0 Å². The average molecular weight is 282 g/mol. The third-order valence-electron chi connectivity index (χ3n) is 3.97. The molecular weight excluding hydrogens is 264 g/mol. The van der Waals surface area contributed by atoms with Gasteiger partial charge in [-0.05, 0) is 37.4 Å². The standard InChI is InChI=1S/C12H18N4O2S/c13-19(17,18)10-3-4-12(15-6-10)16-7-9-2-1-5-14-11(9)8-16/h3-4,6,9,11,14H,1-2,5,7-8H2,(H2,13,17,18)/t9-,11+/m0/s1. The second-order valence-electron chi connectivity index (χ2n) is 5.27. The zero-order valence-corrected chi connectivity index (χ0v) is 11.4. The number of aromatic nitrogens is 1. The molecule has 6 nitrogen and oxygen atoms in total. The van der Waals surface area contributed by atoms with Crippen LogP contribution >= 0.6 is 0 Å². The van der Waals surface area contributed by atoms with E-state index in [1.165, 1.54) is 25.1 Å². The molecule has 1 aromatic heterocycles. The lowest BCUT2D eigenvalue weighted by Crippen LogP contribution is -2.40. The molecule has 0 saturated carbocycles. The number of sulfonamides is 1. The molecule has 3 rings (SSSR count). The van der Waals surface area contributed by atoms with E-state index in [2.05, 4.69) is 15.2 Å². The molecule has 0 aromatic carbocycles. The van der Waals surface area contributed by atoms with Crippen molar-refractivity contribution < 1.29 is 8.42 Å². The summed E-state index contributed by atoms with van der Waals surface area (Å²) < 4.78 is 22.4. The summed E-state index contributed by atoms with van der Waals surface area (Å²) in [6.45, 7) is 3.01. The Balaban J connectivity index is 1.77. The Morgan fingerprint density at radius 3 is 2.84 bits per heavy atom.